The first-order valence-corrected chi connectivity index (χ1v) is 8.89. The second kappa shape index (κ2) is 7.90. The van der Waals surface area contributed by atoms with Crippen LogP contribution in [-0.2, 0) is 4.79 Å². The molecule has 0 aliphatic rings. The fraction of sp³-hybridized carbons (Fsp3) is 0.158. The Kier molecular flexibility index (Phi) is 5.40. The lowest BCUT2D eigenvalue weighted by atomic mass is 10.1. The first-order chi connectivity index (χ1) is 12.1. The van der Waals surface area contributed by atoms with Gasteiger partial charge in [0.2, 0.25) is 5.91 Å². The highest BCUT2D eigenvalue weighted by Gasteiger charge is 2.17. The van der Waals surface area contributed by atoms with Gasteiger partial charge in [0.05, 0.1) is 0 Å². The number of thioether (sulfide) groups is 1. The lowest BCUT2D eigenvalue weighted by Gasteiger charge is -2.06. The molecule has 2 N–H and O–H groups in total. The molecule has 1 heterocycles. The number of nitrogens with one attached hydrogen (secondary N) is 2. The number of aryl methyl sites for hydroxylation is 1. The quantitative estimate of drug-likeness (QED) is 0.541. The van der Waals surface area contributed by atoms with Crippen molar-refractivity contribution >= 4 is 34.5 Å². The monoisotopic (exact) mass is 354 g/mol. The van der Waals surface area contributed by atoms with Gasteiger partial charge >= 0.3 is 5.91 Å². The van der Waals surface area contributed by atoms with Gasteiger partial charge in [-0.15, -0.1) is 11.8 Å². The summed E-state index contributed by atoms with van der Waals surface area (Å²) in [7, 11) is 0. The number of benzene rings is 2. The van der Waals surface area contributed by atoms with E-state index >= 15 is 0 Å². The molecule has 0 saturated heterocycles. The summed E-state index contributed by atoms with van der Waals surface area (Å²) in [5.74, 6) is 0.138. The standard InChI is InChI=1S/C19H18N2O3S/c1-13-15-9-5-6-10-16(15)24-18(13)19(23)21-20-17(22)11-12-25-14-7-3-2-4-8-14/h2-10H,11-12H2,1H3,(H,20,22)(H,21,23). The van der Waals surface area contributed by atoms with E-state index in [1.807, 2.05) is 55.5 Å². The predicted octanol–water partition coefficient (Wildman–Crippen LogP) is 3.68. The zero-order valence-electron chi connectivity index (χ0n) is 13.7. The van der Waals surface area contributed by atoms with Crippen molar-refractivity contribution in [3.63, 3.8) is 0 Å². The molecule has 5 nitrogen and oxygen atoms in total. The minimum atomic E-state index is -0.460. The average Bonchev–Trinajstić information content (AvgIpc) is 2.98. The second-order valence-electron chi connectivity index (χ2n) is 5.47. The molecule has 3 aromatic rings. The number of fused-ring (bicyclic) bond motifs is 1. The normalized spacial score (nSPS) is 10.6. The van der Waals surface area contributed by atoms with E-state index in [2.05, 4.69) is 10.9 Å². The van der Waals surface area contributed by atoms with E-state index in [1.165, 1.54) is 0 Å². The Morgan fingerprint density at radius 2 is 1.72 bits per heavy atom. The van der Waals surface area contributed by atoms with Crippen molar-refractivity contribution in [2.75, 3.05) is 5.75 Å². The molecule has 0 fully saturated rings. The highest BCUT2D eigenvalue weighted by atomic mass is 32.2. The van der Waals surface area contributed by atoms with E-state index in [0.29, 0.717) is 17.8 Å². The molecule has 128 valence electrons. The smallest absolute Gasteiger partial charge is 0.305 e. The molecule has 25 heavy (non-hydrogen) atoms. The third-order valence-electron chi connectivity index (χ3n) is 3.71. The second-order valence-corrected chi connectivity index (χ2v) is 6.63. The molecule has 1 aromatic heterocycles. The van der Waals surface area contributed by atoms with Crippen LogP contribution in [0.4, 0.5) is 0 Å². The van der Waals surface area contributed by atoms with Crippen LogP contribution in [0, 0.1) is 6.92 Å². The maximum absolute atomic E-state index is 12.2. The lowest BCUT2D eigenvalue weighted by Crippen LogP contribution is -2.41. The third-order valence-corrected chi connectivity index (χ3v) is 4.72. The minimum Gasteiger partial charge on any atom is -0.451 e. The average molecular weight is 354 g/mol. The number of para-hydroxylation sites is 1. The summed E-state index contributed by atoms with van der Waals surface area (Å²) in [5, 5.41) is 0.887. The van der Waals surface area contributed by atoms with E-state index < -0.39 is 5.91 Å². The molecule has 0 saturated carbocycles. The van der Waals surface area contributed by atoms with Crippen molar-refractivity contribution in [3.05, 3.63) is 65.9 Å². The van der Waals surface area contributed by atoms with Crippen LogP contribution >= 0.6 is 11.8 Å². The maximum atomic E-state index is 12.2. The molecule has 2 aromatic carbocycles. The van der Waals surface area contributed by atoms with Crippen molar-refractivity contribution in [2.45, 2.75) is 18.2 Å². The highest BCUT2D eigenvalue weighted by molar-refractivity contribution is 7.99. The Bertz CT molecular complexity index is 890. The van der Waals surface area contributed by atoms with Gasteiger partial charge in [0.1, 0.15) is 5.58 Å². The summed E-state index contributed by atoms with van der Waals surface area (Å²) < 4.78 is 5.56. The summed E-state index contributed by atoms with van der Waals surface area (Å²) in [5.41, 5.74) is 6.24. The predicted molar refractivity (Wildman–Crippen MR) is 98.3 cm³/mol. The molecule has 0 aliphatic carbocycles. The molecule has 3 rings (SSSR count). The van der Waals surface area contributed by atoms with Crippen LogP contribution in [0.25, 0.3) is 11.0 Å². The first kappa shape index (κ1) is 17.1. The van der Waals surface area contributed by atoms with Gasteiger partial charge in [-0.05, 0) is 25.1 Å². The maximum Gasteiger partial charge on any atom is 0.305 e. The minimum absolute atomic E-state index is 0.208. The van der Waals surface area contributed by atoms with Crippen LogP contribution in [0.5, 0.6) is 0 Å². The van der Waals surface area contributed by atoms with Gasteiger partial charge in [0.25, 0.3) is 0 Å². The van der Waals surface area contributed by atoms with Gasteiger partial charge in [-0.1, -0.05) is 36.4 Å². The van der Waals surface area contributed by atoms with E-state index in [9.17, 15) is 9.59 Å². The molecule has 0 radical (unpaired) electrons. The number of furan rings is 1. The summed E-state index contributed by atoms with van der Waals surface area (Å²) in [6.07, 6.45) is 0.305. The highest BCUT2D eigenvalue weighted by Crippen LogP contribution is 2.24. The van der Waals surface area contributed by atoms with E-state index in [4.69, 9.17) is 4.42 Å². The first-order valence-electron chi connectivity index (χ1n) is 7.90. The van der Waals surface area contributed by atoms with Gasteiger partial charge in [0.15, 0.2) is 5.76 Å². The lowest BCUT2D eigenvalue weighted by molar-refractivity contribution is -0.121. The molecule has 0 aliphatic heterocycles. The van der Waals surface area contributed by atoms with Gasteiger partial charge in [-0.2, -0.15) is 0 Å². The van der Waals surface area contributed by atoms with Gasteiger partial charge in [-0.25, -0.2) is 0 Å². The van der Waals surface area contributed by atoms with Crippen molar-refractivity contribution in [3.8, 4) is 0 Å². The Hall–Kier alpha value is -2.73. The summed E-state index contributed by atoms with van der Waals surface area (Å²) >= 11 is 1.59. The fourth-order valence-corrected chi connectivity index (χ4v) is 3.29. The third kappa shape index (κ3) is 4.22. The number of hydrazine groups is 1. The number of hydrogen-bond donors (Lipinski definition) is 2. The van der Waals surface area contributed by atoms with Crippen LogP contribution in [-0.4, -0.2) is 17.6 Å². The van der Waals surface area contributed by atoms with Gasteiger partial charge in [0, 0.05) is 28.0 Å². The summed E-state index contributed by atoms with van der Waals surface area (Å²) in [6.45, 7) is 1.82. The van der Waals surface area contributed by atoms with Crippen molar-refractivity contribution in [1.29, 1.82) is 0 Å². The molecule has 0 spiro atoms. The Morgan fingerprint density at radius 1 is 1.00 bits per heavy atom. The molecule has 2 amide bonds. The molecule has 6 heteroatoms. The molecule has 0 atom stereocenters. The molecular formula is C19H18N2O3S. The number of rotatable bonds is 5. The van der Waals surface area contributed by atoms with E-state index in [-0.39, 0.29) is 11.7 Å². The van der Waals surface area contributed by atoms with Crippen LogP contribution in [0.15, 0.2) is 63.9 Å². The number of carbonyl (C=O) groups is 2. The Balaban J connectivity index is 1.49. The van der Waals surface area contributed by atoms with E-state index in [0.717, 1.165) is 15.8 Å². The van der Waals surface area contributed by atoms with E-state index in [1.54, 1.807) is 17.8 Å². The zero-order valence-corrected chi connectivity index (χ0v) is 14.6. The number of amides is 2. The molecular weight excluding hydrogens is 336 g/mol. The van der Waals surface area contributed by atoms with Crippen LogP contribution in [0.1, 0.15) is 22.5 Å². The van der Waals surface area contributed by atoms with Crippen molar-refractivity contribution in [1.82, 2.24) is 10.9 Å². The topological polar surface area (TPSA) is 71.3 Å². The molecule has 0 unspecified atom stereocenters. The SMILES string of the molecule is Cc1c(C(=O)NNC(=O)CCSc2ccccc2)oc2ccccc12. The van der Waals surface area contributed by atoms with Gasteiger partial charge in [-0.3, -0.25) is 20.4 Å². The Labute approximate surface area is 149 Å². The Morgan fingerprint density at radius 3 is 2.48 bits per heavy atom. The summed E-state index contributed by atoms with van der Waals surface area (Å²) in [4.78, 5) is 25.2. The van der Waals surface area contributed by atoms with Crippen molar-refractivity contribution < 1.29 is 14.0 Å². The summed E-state index contributed by atoms with van der Waals surface area (Å²) in [6, 6.07) is 17.3. The van der Waals surface area contributed by atoms with Crippen LogP contribution in [0.3, 0.4) is 0 Å². The van der Waals surface area contributed by atoms with Crippen LogP contribution < -0.4 is 10.9 Å². The number of carbonyl (C=O) groups excluding carboxylic acids is 2. The largest absolute Gasteiger partial charge is 0.451 e. The fourth-order valence-electron chi connectivity index (χ4n) is 2.41. The molecule has 0 bridgehead atoms. The van der Waals surface area contributed by atoms with Gasteiger partial charge < -0.3 is 4.42 Å². The zero-order chi connectivity index (χ0) is 17.6. The van der Waals surface area contributed by atoms with Crippen LogP contribution in [0.2, 0.25) is 0 Å². The van der Waals surface area contributed by atoms with Crippen molar-refractivity contribution in [2.24, 2.45) is 0 Å². The number of hydrogen-bond acceptors (Lipinski definition) is 4.